The second kappa shape index (κ2) is 40.6. The molecule has 14 heteroatoms. The van der Waals surface area contributed by atoms with Crippen molar-refractivity contribution in [2.75, 3.05) is 106 Å². The predicted octanol–water partition coefficient (Wildman–Crippen LogP) is 5.10. The molecule has 0 spiro atoms. The number of carbonyl (C=O) groups is 4. The van der Waals surface area contributed by atoms with E-state index >= 15 is 0 Å². The Labute approximate surface area is 305 Å². The number of hydrogen-bond donors (Lipinski definition) is 1. The topological polar surface area (TPSA) is 172 Å². The zero-order valence-electron chi connectivity index (χ0n) is 31.4. The number of aliphatic carboxylic acids is 1. The summed E-state index contributed by atoms with van der Waals surface area (Å²) < 4.78 is 47.9. The Balaban J connectivity index is 3.19. The minimum atomic E-state index is -1.56. The van der Waals surface area contributed by atoms with Crippen LogP contribution in [0.2, 0.25) is 0 Å². The zero-order chi connectivity index (χ0) is 37.3. The molecule has 0 radical (unpaired) electrons. The molecule has 300 valence electrons. The fourth-order valence-electron chi connectivity index (χ4n) is 4.60. The molecule has 0 aromatic heterocycles. The first kappa shape index (κ1) is 48.8. The molecule has 14 nitrogen and oxygen atoms in total. The standard InChI is InChI=1S/C37H68O14/c1-2-3-4-5-6-7-8-9-10-11-12-13-14-15-35(39)50-32-30-48-28-26-46-24-22-44-20-18-43-19-21-45-23-25-47-27-29-49-31-33-51-36(40)17-16-34(38)37(41)42/h2-33H2,1H3,(H,41,42). The van der Waals surface area contributed by atoms with Gasteiger partial charge < -0.3 is 47.7 Å². The number of carboxylic acids is 1. The number of unbranched alkanes of at least 4 members (excludes halogenated alkanes) is 12. The van der Waals surface area contributed by atoms with Crippen molar-refractivity contribution in [2.45, 2.75) is 110 Å². The van der Waals surface area contributed by atoms with E-state index in [9.17, 15) is 19.2 Å². The van der Waals surface area contributed by atoms with E-state index in [-0.39, 0.29) is 38.6 Å². The van der Waals surface area contributed by atoms with Gasteiger partial charge in [0, 0.05) is 12.8 Å². The maximum absolute atomic E-state index is 11.9. The van der Waals surface area contributed by atoms with Gasteiger partial charge in [0.2, 0.25) is 5.78 Å². The fourth-order valence-corrected chi connectivity index (χ4v) is 4.60. The lowest BCUT2D eigenvalue weighted by Gasteiger charge is -2.09. The maximum Gasteiger partial charge on any atom is 0.372 e. The molecular weight excluding hydrogens is 668 g/mol. The molecule has 1 N–H and O–H groups in total. The van der Waals surface area contributed by atoms with Crippen LogP contribution in [0.3, 0.4) is 0 Å². The van der Waals surface area contributed by atoms with Crippen LogP contribution in [-0.2, 0) is 61.8 Å². The summed E-state index contributed by atoms with van der Waals surface area (Å²) in [7, 11) is 0. The third-order valence-electron chi connectivity index (χ3n) is 7.49. The number of Topliss-reactive ketones (excluding diaryl/α,β-unsaturated/α-hetero) is 1. The molecule has 51 heavy (non-hydrogen) atoms. The molecule has 0 fully saturated rings. The van der Waals surface area contributed by atoms with Crippen LogP contribution in [0, 0.1) is 0 Å². The van der Waals surface area contributed by atoms with Crippen molar-refractivity contribution in [2.24, 2.45) is 0 Å². The van der Waals surface area contributed by atoms with Crippen molar-refractivity contribution >= 4 is 23.7 Å². The van der Waals surface area contributed by atoms with Gasteiger partial charge in [0.05, 0.1) is 98.9 Å². The highest BCUT2D eigenvalue weighted by Crippen LogP contribution is 2.13. The summed E-state index contributed by atoms with van der Waals surface area (Å²) in [5.74, 6) is -3.39. The highest BCUT2D eigenvalue weighted by molar-refractivity contribution is 6.32. The molecule has 0 aliphatic heterocycles. The molecule has 0 aromatic rings. The number of hydrogen-bond acceptors (Lipinski definition) is 13. The molecule has 0 saturated heterocycles. The van der Waals surface area contributed by atoms with Crippen molar-refractivity contribution in [3.63, 3.8) is 0 Å². The minimum Gasteiger partial charge on any atom is -0.476 e. The molecule has 0 saturated carbocycles. The molecule has 0 aliphatic rings. The first-order valence-corrected chi connectivity index (χ1v) is 19.1. The third kappa shape index (κ3) is 40.4. The minimum absolute atomic E-state index is 0.0131. The summed E-state index contributed by atoms with van der Waals surface area (Å²) >= 11 is 0. The van der Waals surface area contributed by atoms with E-state index in [1.165, 1.54) is 70.6 Å². The summed E-state index contributed by atoms with van der Waals surface area (Å²) in [5, 5.41) is 8.45. The maximum atomic E-state index is 11.9. The van der Waals surface area contributed by atoms with Gasteiger partial charge in [0.1, 0.15) is 13.2 Å². The second-order valence-electron chi connectivity index (χ2n) is 11.9. The first-order valence-electron chi connectivity index (χ1n) is 19.1. The van der Waals surface area contributed by atoms with Gasteiger partial charge >= 0.3 is 17.9 Å². The van der Waals surface area contributed by atoms with Gasteiger partial charge in [0.25, 0.3) is 0 Å². The summed E-state index contributed by atoms with van der Waals surface area (Å²) in [6, 6.07) is 0. The van der Waals surface area contributed by atoms with Crippen molar-refractivity contribution in [3.05, 3.63) is 0 Å². The molecule has 0 heterocycles. The van der Waals surface area contributed by atoms with Gasteiger partial charge in [-0.2, -0.15) is 0 Å². The van der Waals surface area contributed by atoms with Crippen LogP contribution < -0.4 is 0 Å². The summed E-state index contributed by atoms with van der Waals surface area (Å²) in [5.41, 5.74) is 0. The Morgan fingerprint density at radius 2 is 0.627 bits per heavy atom. The first-order chi connectivity index (χ1) is 25.0. The van der Waals surface area contributed by atoms with E-state index < -0.39 is 17.7 Å². The second-order valence-corrected chi connectivity index (χ2v) is 11.9. The summed E-state index contributed by atoms with van der Waals surface area (Å²) in [4.78, 5) is 44.5. The van der Waals surface area contributed by atoms with Crippen molar-refractivity contribution in [3.8, 4) is 0 Å². The van der Waals surface area contributed by atoms with Gasteiger partial charge in [-0.3, -0.25) is 14.4 Å². The molecular formula is C37H68O14. The largest absolute Gasteiger partial charge is 0.476 e. The van der Waals surface area contributed by atoms with Crippen LogP contribution in [0.15, 0.2) is 0 Å². The number of ether oxygens (including phenoxy) is 9. The van der Waals surface area contributed by atoms with Crippen molar-refractivity contribution in [1.82, 2.24) is 0 Å². The SMILES string of the molecule is CCCCCCCCCCCCCCCC(=O)OCCOCCOCCOCCOCCOCCOCCOCCOC(=O)CCC(=O)C(=O)O. The number of rotatable bonds is 42. The van der Waals surface area contributed by atoms with Crippen LogP contribution in [0.1, 0.15) is 110 Å². The highest BCUT2D eigenvalue weighted by atomic mass is 16.6. The van der Waals surface area contributed by atoms with Crippen molar-refractivity contribution in [1.29, 1.82) is 0 Å². The number of carboxylic acid groups (broad SMARTS) is 1. The van der Waals surface area contributed by atoms with E-state index in [4.69, 9.17) is 47.7 Å². The quantitative estimate of drug-likeness (QED) is 0.0498. The van der Waals surface area contributed by atoms with E-state index in [1.54, 1.807) is 0 Å². The lowest BCUT2D eigenvalue weighted by atomic mass is 10.0. The van der Waals surface area contributed by atoms with Gasteiger partial charge in [-0.15, -0.1) is 0 Å². The molecule has 0 aliphatic carbocycles. The zero-order valence-corrected chi connectivity index (χ0v) is 31.4. The smallest absolute Gasteiger partial charge is 0.372 e. The van der Waals surface area contributed by atoms with E-state index in [1.807, 2.05) is 0 Å². The Morgan fingerprint density at radius 3 is 0.941 bits per heavy atom. The highest BCUT2D eigenvalue weighted by Gasteiger charge is 2.14. The Hall–Kier alpha value is -2.20. The predicted molar refractivity (Wildman–Crippen MR) is 190 cm³/mol. The average molecular weight is 737 g/mol. The fraction of sp³-hybridized carbons (Fsp3) is 0.892. The monoisotopic (exact) mass is 736 g/mol. The lowest BCUT2D eigenvalue weighted by molar-refractivity contribution is -0.151. The van der Waals surface area contributed by atoms with Crippen LogP contribution in [0.5, 0.6) is 0 Å². The van der Waals surface area contributed by atoms with Gasteiger partial charge in [-0.05, 0) is 6.42 Å². The molecule has 0 rings (SSSR count). The molecule has 0 amide bonds. The molecule has 0 atom stereocenters. The summed E-state index contributed by atoms with van der Waals surface area (Å²) in [6.07, 6.45) is 16.5. The average Bonchev–Trinajstić information content (AvgIpc) is 3.12. The number of esters is 2. The Bertz CT molecular complexity index is 810. The lowest BCUT2D eigenvalue weighted by Crippen LogP contribution is -2.17. The molecule has 0 aromatic carbocycles. The normalized spacial score (nSPS) is 11.2. The van der Waals surface area contributed by atoms with E-state index in [2.05, 4.69) is 6.92 Å². The van der Waals surface area contributed by atoms with Crippen molar-refractivity contribution < 1.29 is 66.9 Å². The Kier molecular flexibility index (Phi) is 38.8. The molecule has 0 bridgehead atoms. The molecule has 0 unspecified atom stereocenters. The van der Waals surface area contributed by atoms with Crippen LogP contribution in [0.4, 0.5) is 0 Å². The van der Waals surface area contributed by atoms with Crippen LogP contribution in [-0.4, -0.2) is 135 Å². The van der Waals surface area contributed by atoms with E-state index in [0.717, 1.165) is 12.8 Å². The number of carbonyl (C=O) groups excluding carboxylic acids is 3. The summed E-state index contributed by atoms with van der Waals surface area (Å²) in [6.45, 7) is 8.14. The van der Waals surface area contributed by atoms with Gasteiger partial charge in [-0.1, -0.05) is 84.0 Å². The Morgan fingerprint density at radius 1 is 0.353 bits per heavy atom. The van der Waals surface area contributed by atoms with Gasteiger partial charge in [-0.25, -0.2) is 4.79 Å². The van der Waals surface area contributed by atoms with E-state index in [0.29, 0.717) is 92.3 Å². The van der Waals surface area contributed by atoms with Crippen LogP contribution >= 0.6 is 0 Å². The number of ketones is 1. The van der Waals surface area contributed by atoms with Crippen LogP contribution in [0.25, 0.3) is 0 Å². The third-order valence-corrected chi connectivity index (χ3v) is 7.49. The van der Waals surface area contributed by atoms with Gasteiger partial charge in [0.15, 0.2) is 0 Å².